The zero-order valence-electron chi connectivity index (χ0n) is 9.29. The van der Waals surface area contributed by atoms with Crippen LogP contribution in [0.1, 0.15) is 10.4 Å². The van der Waals surface area contributed by atoms with Gasteiger partial charge in [-0.2, -0.15) is 8.42 Å². The first-order valence-corrected chi connectivity index (χ1v) is 7.50. The Morgan fingerprint density at radius 2 is 2.11 bits per heavy atom. The molecule has 0 fully saturated rings. The fourth-order valence-corrected chi connectivity index (χ4v) is 2.99. The van der Waals surface area contributed by atoms with E-state index < -0.39 is 16.0 Å². The van der Waals surface area contributed by atoms with Crippen molar-refractivity contribution in [1.29, 1.82) is 0 Å². The summed E-state index contributed by atoms with van der Waals surface area (Å²) in [6, 6.07) is 4.22. The maximum absolute atomic E-state index is 11.9. The zero-order valence-corrected chi connectivity index (χ0v) is 12.3. The smallest absolute Gasteiger partial charge is 0.335 e. The Bertz CT molecular complexity index is 712. The molecule has 3 N–H and O–H groups in total. The Labute approximate surface area is 122 Å². The number of sulfonamides is 1. The van der Waals surface area contributed by atoms with Crippen molar-refractivity contribution in [2.24, 2.45) is 0 Å². The number of H-pyrrole nitrogens is 1. The van der Waals surface area contributed by atoms with E-state index in [1.165, 1.54) is 24.5 Å². The first kappa shape index (κ1) is 13.8. The van der Waals surface area contributed by atoms with Gasteiger partial charge in [-0.15, -0.1) is 0 Å². The van der Waals surface area contributed by atoms with E-state index >= 15 is 0 Å². The lowest BCUT2D eigenvalue weighted by Crippen LogP contribution is -2.14. The fourth-order valence-electron chi connectivity index (χ4n) is 1.37. The zero-order chi connectivity index (χ0) is 14.0. The highest BCUT2D eigenvalue weighted by molar-refractivity contribution is 14.1. The van der Waals surface area contributed by atoms with E-state index in [0.29, 0.717) is 3.57 Å². The number of nitrogens with zero attached hydrogens (tertiary/aromatic N) is 1. The highest BCUT2D eigenvalue weighted by Crippen LogP contribution is 2.19. The number of halogens is 1. The van der Waals surface area contributed by atoms with Crippen molar-refractivity contribution < 1.29 is 18.3 Å². The van der Waals surface area contributed by atoms with Crippen LogP contribution in [-0.4, -0.2) is 29.5 Å². The number of hydrogen-bond donors (Lipinski definition) is 3. The molecule has 19 heavy (non-hydrogen) atoms. The normalized spacial score (nSPS) is 11.2. The van der Waals surface area contributed by atoms with Gasteiger partial charge in [0.25, 0.3) is 10.0 Å². The fraction of sp³-hybridized carbons (Fsp3) is 0. The molecule has 0 unspecified atom stereocenters. The average molecular weight is 393 g/mol. The minimum absolute atomic E-state index is 0.00853. The number of aromatic carboxylic acids is 1. The predicted octanol–water partition coefficient (Wildman–Crippen LogP) is 1.51. The van der Waals surface area contributed by atoms with Gasteiger partial charge in [0.2, 0.25) is 0 Å². The number of rotatable bonds is 4. The first-order valence-electron chi connectivity index (χ1n) is 4.93. The minimum Gasteiger partial charge on any atom is -0.478 e. The van der Waals surface area contributed by atoms with Crippen molar-refractivity contribution in [2.75, 3.05) is 4.72 Å². The topological polar surface area (TPSA) is 112 Å². The number of aromatic amines is 1. The van der Waals surface area contributed by atoms with Gasteiger partial charge in [0, 0.05) is 3.57 Å². The number of carboxylic acids is 1. The second-order valence-corrected chi connectivity index (χ2v) is 6.45. The van der Waals surface area contributed by atoms with Gasteiger partial charge in [0.1, 0.15) is 0 Å². The minimum atomic E-state index is -3.79. The molecule has 0 radical (unpaired) electrons. The summed E-state index contributed by atoms with van der Waals surface area (Å²) in [4.78, 5) is 17.0. The molecular weight excluding hydrogens is 385 g/mol. The summed E-state index contributed by atoms with van der Waals surface area (Å²) in [5.41, 5.74) is 0.188. The molecule has 0 spiro atoms. The Hall–Kier alpha value is -1.62. The molecule has 1 aromatic heterocycles. The van der Waals surface area contributed by atoms with E-state index in [4.69, 9.17) is 5.11 Å². The number of benzene rings is 1. The van der Waals surface area contributed by atoms with Crippen LogP contribution in [0.3, 0.4) is 0 Å². The van der Waals surface area contributed by atoms with Crippen LogP contribution in [-0.2, 0) is 10.0 Å². The number of carbonyl (C=O) groups is 1. The Balaban J connectivity index is 2.37. The molecular formula is C10H8IN3O4S. The van der Waals surface area contributed by atoms with E-state index in [1.54, 1.807) is 0 Å². The molecule has 0 amide bonds. The quantitative estimate of drug-likeness (QED) is 0.682. The van der Waals surface area contributed by atoms with Crippen LogP contribution < -0.4 is 4.72 Å². The molecule has 1 aromatic carbocycles. The molecule has 0 aliphatic rings. The van der Waals surface area contributed by atoms with Crippen LogP contribution in [0.4, 0.5) is 5.69 Å². The SMILES string of the molecule is O=C(O)c1cc(I)cc(NS(=O)(=O)c2cnc[nH]2)c1. The van der Waals surface area contributed by atoms with Gasteiger partial charge >= 0.3 is 5.97 Å². The van der Waals surface area contributed by atoms with Gasteiger partial charge in [0.15, 0.2) is 5.03 Å². The highest BCUT2D eigenvalue weighted by atomic mass is 127. The second-order valence-electron chi connectivity index (χ2n) is 3.56. The van der Waals surface area contributed by atoms with Gasteiger partial charge < -0.3 is 10.1 Å². The number of anilines is 1. The second kappa shape index (κ2) is 5.17. The number of hydrogen-bond acceptors (Lipinski definition) is 4. The van der Waals surface area contributed by atoms with Crippen LogP contribution >= 0.6 is 22.6 Å². The van der Waals surface area contributed by atoms with E-state index in [-0.39, 0.29) is 16.3 Å². The molecule has 0 saturated heterocycles. The summed E-state index contributed by atoms with van der Waals surface area (Å²) in [6.07, 6.45) is 2.40. The van der Waals surface area contributed by atoms with Crippen LogP contribution in [0.15, 0.2) is 35.7 Å². The highest BCUT2D eigenvalue weighted by Gasteiger charge is 2.16. The lowest BCUT2D eigenvalue weighted by Gasteiger charge is -2.07. The predicted molar refractivity (Wildman–Crippen MR) is 75.5 cm³/mol. The standard InChI is InChI=1S/C10H8IN3O4S/c11-7-1-6(10(15)16)2-8(3-7)14-19(17,18)9-4-12-5-13-9/h1-5,14H,(H,12,13)(H,15,16). The summed E-state index contributed by atoms with van der Waals surface area (Å²) in [5.74, 6) is -1.12. The number of imidazole rings is 1. The Kier molecular flexibility index (Phi) is 3.75. The summed E-state index contributed by atoms with van der Waals surface area (Å²) < 4.78 is 26.7. The molecule has 0 saturated carbocycles. The molecule has 7 nitrogen and oxygen atoms in total. The van der Waals surface area contributed by atoms with Gasteiger partial charge in [-0.3, -0.25) is 4.72 Å². The third-order valence-corrected chi connectivity index (χ3v) is 4.09. The van der Waals surface area contributed by atoms with Crippen molar-refractivity contribution in [2.45, 2.75) is 5.03 Å². The molecule has 0 bridgehead atoms. The van der Waals surface area contributed by atoms with E-state index in [2.05, 4.69) is 14.7 Å². The third-order valence-electron chi connectivity index (χ3n) is 2.16. The van der Waals surface area contributed by atoms with Gasteiger partial charge in [-0.1, -0.05) is 0 Å². The summed E-state index contributed by atoms with van der Waals surface area (Å²) in [5, 5.41) is 8.83. The van der Waals surface area contributed by atoms with Gasteiger partial charge in [0.05, 0.1) is 23.8 Å². The summed E-state index contributed by atoms with van der Waals surface area (Å²) in [6.45, 7) is 0. The third kappa shape index (κ3) is 3.23. The Morgan fingerprint density at radius 1 is 1.37 bits per heavy atom. The molecule has 2 aromatic rings. The lowest BCUT2D eigenvalue weighted by molar-refractivity contribution is 0.0697. The van der Waals surface area contributed by atoms with Gasteiger partial charge in [-0.25, -0.2) is 9.78 Å². The number of nitrogens with one attached hydrogen (secondary N) is 2. The molecule has 100 valence electrons. The van der Waals surface area contributed by atoms with Crippen molar-refractivity contribution in [1.82, 2.24) is 9.97 Å². The van der Waals surface area contributed by atoms with E-state index in [0.717, 1.165) is 6.20 Å². The summed E-state index contributed by atoms with van der Waals surface area (Å²) >= 11 is 1.91. The molecule has 0 aliphatic carbocycles. The van der Waals surface area contributed by atoms with Crippen LogP contribution in [0.25, 0.3) is 0 Å². The largest absolute Gasteiger partial charge is 0.478 e. The van der Waals surface area contributed by atoms with Crippen molar-refractivity contribution in [3.8, 4) is 0 Å². The van der Waals surface area contributed by atoms with Crippen molar-refractivity contribution in [3.05, 3.63) is 39.9 Å². The molecule has 9 heteroatoms. The lowest BCUT2D eigenvalue weighted by atomic mass is 10.2. The Morgan fingerprint density at radius 3 is 2.68 bits per heavy atom. The van der Waals surface area contributed by atoms with Crippen LogP contribution in [0, 0.1) is 3.57 Å². The monoisotopic (exact) mass is 393 g/mol. The maximum Gasteiger partial charge on any atom is 0.335 e. The summed E-state index contributed by atoms with van der Waals surface area (Å²) in [7, 11) is -3.79. The molecule has 1 heterocycles. The van der Waals surface area contributed by atoms with Crippen molar-refractivity contribution >= 4 is 44.3 Å². The molecule has 0 aliphatic heterocycles. The number of aromatic nitrogens is 2. The van der Waals surface area contributed by atoms with Crippen LogP contribution in [0.5, 0.6) is 0 Å². The van der Waals surface area contributed by atoms with E-state index in [1.807, 2.05) is 22.6 Å². The van der Waals surface area contributed by atoms with Gasteiger partial charge in [-0.05, 0) is 40.8 Å². The number of carboxylic acid groups (broad SMARTS) is 1. The first-order chi connectivity index (χ1) is 8.88. The van der Waals surface area contributed by atoms with Crippen molar-refractivity contribution in [3.63, 3.8) is 0 Å². The maximum atomic E-state index is 11.9. The van der Waals surface area contributed by atoms with E-state index in [9.17, 15) is 13.2 Å². The molecule has 0 atom stereocenters. The average Bonchev–Trinajstić information content (AvgIpc) is 2.81. The van der Waals surface area contributed by atoms with Crippen LogP contribution in [0.2, 0.25) is 0 Å². The molecule has 2 rings (SSSR count).